The van der Waals surface area contributed by atoms with Gasteiger partial charge >= 0.3 is 0 Å². The van der Waals surface area contributed by atoms with E-state index in [4.69, 9.17) is 0 Å². The van der Waals surface area contributed by atoms with Crippen LogP contribution in [0.15, 0.2) is 29.8 Å². The van der Waals surface area contributed by atoms with Crippen LogP contribution in [0.5, 0.6) is 0 Å². The van der Waals surface area contributed by atoms with Crippen LogP contribution >= 0.6 is 11.3 Å². The predicted molar refractivity (Wildman–Crippen MR) is 95.3 cm³/mol. The quantitative estimate of drug-likeness (QED) is 0.574. The molecule has 2 aromatic rings. The van der Waals surface area contributed by atoms with Crippen LogP contribution in [-0.2, 0) is 0 Å². The van der Waals surface area contributed by atoms with Crippen molar-refractivity contribution in [3.05, 3.63) is 51.4 Å². The third-order valence-electron chi connectivity index (χ3n) is 5.04. The van der Waals surface area contributed by atoms with Gasteiger partial charge in [0.2, 0.25) is 0 Å². The van der Waals surface area contributed by atoms with E-state index >= 15 is 0 Å². The van der Waals surface area contributed by atoms with E-state index in [-0.39, 0.29) is 0 Å². The molecule has 3 rings (SSSR count). The Balaban J connectivity index is 2.22. The zero-order chi connectivity index (χ0) is 15.3. The summed E-state index contributed by atoms with van der Waals surface area (Å²) in [5, 5.41) is 0. The van der Waals surface area contributed by atoms with Gasteiger partial charge in [-0.15, -0.1) is 11.3 Å². The van der Waals surface area contributed by atoms with Crippen molar-refractivity contribution in [2.24, 2.45) is 0 Å². The molecule has 0 N–H and O–H groups in total. The molecule has 0 nitrogen and oxygen atoms in total. The number of benzene rings is 1. The Labute approximate surface area is 132 Å². The Morgan fingerprint density at radius 3 is 2.29 bits per heavy atom. The summed E-state index contributed by atoms with van der Waals surface area (Å²) in [5.74, 6) is 1.14. The molecular formula is C20H24S. The lowest BCUT2D eigenvalue weighted by Crippen LogP contribution is -1.94. The molecule has 1 aromatic heterocycles. The molecular weight excluding hydrogens is 272 g/mol. The maximum atomic E-state index is 2.35. The fourth-order valence-electron chi connectivity index (χ4n) is 3.51. The van der Waals surface area contributed by atoms with E-state index in [1.54, 1.807) is 11.1 Å². The summed E-state index contributed by atoms with van der Waals surface area (Å²) in [6.45, 7) is 13.8. The molecule has 0 amide bonds. The van der Waals surface area contributed by atoms with Crippen LogP contribution < -0.4 is 0 Å². The lowest BCUT2D eigenvalue weighted by atomic mass is 9.92. The first-order valence-electron chi connectivity index (χ1n) is 7.83. The molecule has 110 valence electrons. The van der Waals surface area contributed by atoms with Gasteiger partial charge in [-0.3, -0.25) is 0 Å². The second-order valence-electron chi connectivity index (χ2n) is 6.57. The van der Waals surface area contributed by atoms with Crippen LogP contribution in [0.2, 0.25) is 0 Å². The number of rotatable bonds is 2. The zero-order valence-corrected chi connectivity index (χ0v) is 14.7. The van der Waals surface area contributed by atoms with Gasteiger partial charge in [-0.05, 0) is 54.5 Å². The summed E-state index contributed by atoms with van der Waals surface area (Å²) >= 11 is 1.99. The first-order valence-corrected chi connectivity index (χ1v) is 8.65. The summed E-state index contributed by atoms with van der Waals surface area (Å²) in [4.78, 5) is 2.99. The highest BCUT2D eigenvalue weighted by Gasteiger charge is 2.29. The highest BCUT2D eigenvalue weighted by Crippen LogP contribution is 2.51. The summed E-state index contributed by atoms with van der Waals surface area (Å²) in [6.07, 6.45) is 0. The Bertz CT molecular complexity index is 728. The molecule has 1 aliphatic carbocycles. The van der Waals surface area contributed by atoms with Crippen molar-refractivity contribution in [1.29, 1.82) is 0 Å². The van der Waals surface area contributed by atoms with E-state index in [0.717, 1.165) is 0 Å². The Hall–Kier alpha value is -1.34. The average molecular weight is 296 g/mol. The molecule has 1 aromatic carbocycles. The molecule has 1 atom stereocenters. The number of hydrogen-bond acceptors (Lipinski definition) is 1. The van der Waals surface area contributed by atoms with Gasteiger partial charge in [0, 0.05) is 15.7 Å². The fraction of sp³-hybridized carbons (Fsp3) is 0.400. The van der Waals surface area contributed by atoms with Crippen LogP contribution in [-0.4, -0.2) is 0 Å². The predicted octanol–water partition coefficient (Wildman–Crippen LogP) is 6.76. The third-order valence-corrected chi connectivity index (χ3v) is 6.50. The topological polar surface area (TPSA) is 0 Å². The Morgan fingerprint density at radius 1 is 1.00 bits per heavy atom. The highest BCUT2D eigenvalue weighted by molar-refractivity contribution is 7.17. The molecule has 0 spiro atoms. The van der Waals surface area contributed by atoms with Crippen LogP contribution in [0.3, 0.4) is 0 Å². The molecule has 1 unspecified atom stereocenters. The van der Waals surface area contributed by atoms with E-state index in [0.29, 0.717) is 11.8 Å². The van der Waals surface area contributed by atoms with Crippen LogP contribution in [0.1, 0.15) is 68.0 Å². The van der Waals surface area contributed by atoms with Crippen LogP contribution in [0, 0.1) is 6.92 Å². The van der Waals surface area contributed by atoms with Crippen molar-refractivity contribution in [3.8, 4) is 10.4 Å². The zero-order valence-electron chi connectivity index (χ0n) is 13.9. The molecule has 0 bridgehead atoms. The number of fused-ring (bicyclic) bond motifs is 1. The molecule has 0 fully saturated rings. The summed E-state index contributed by atoms with van der Waals surface area (Å²) in [6, 6.07) is 8.90. The third kappa shape index (κ3) is 2.10. The SMILES string of the molecule is CC1=C(C)C(C)c2c1sc(-c1ccccc1C(C)C)c2C. The molecule has 21 heavy (non-hydrogen) atoms. The largest absolute Gasteiger partial charge is 0.135 e. The normalized spacial score (nSPS) is 17.8. The van der Waals surface area contributed by atoms with Crippen LogP contribution in [0.4, 0.5) is 0 Å². The van der Waals surface area contributed by atoms with E-state index in [9.17, 15) is 0 Å². The molecule has 0 aliphatic heterocycles. The second-order valence-corrected chi connectivity index (χ2v) is 7.59. The highest BCUT2D eigenvalue weighted by atomic mass is 32.1. The van der Waals surface area contributed by atoms with Gasteiger partial charge in [0.1, 0.15) is 0 Å². The number of hydrogen-bond donors (Lipinski definition) is 0. The van der Waals surface area contributed by atoms with E-state index in [2.05, 4.69) is 65.8 Å². The first-order chi connectivity index (χ1) is 9.93. The van der Waals surface area contributed by atoms with Gasteiger partial charge in [0.25, 0.3) is 0 Å². The van der Waals surface area contributed by atoms with Gasteiger partial charge in [0.15, 0.2) is 0 Å². The van der Waals surface area contributed by atoms with Gasteiger partial charge in [0.05, 0.1) is 0 Å². The van der Waals surface area contributed by atoms with Gasteiger partial charge in [-0.2, -0.15) is 0 Å². The maximum Gasteiger partial charge on any atom is 0.0384 e. The monoisotopic (exact) mass is 296 g/mol. The molecule has 1 heterocycles. The summed E-state index contributed by atoms with van der Waals surface area (Å²) < 4.78 is 0. The average Bonchev–Trinajstić information content (AvgIpc) is 2.91. The van der Waals surface area contributed by atoms with Gasteiger partial charge in [-0.25, -0.2) is 0 Å². The molecule has 1 aliphatic rings. The smallest absolute Gasteiger partial charge is 0.0384 e. The Morgan fingerprint density at radius 2 is 1.67 bits per heavy atom. The van der Waals surface area contributed by atoms with Gasteiger partial charge < -0.3 is 0 Å². The minimum absolute atomic E-state index is 0.563. The van der Waals surface area contributed by atoms with E-state index in [1.165, 1.54) is 32.0 Å². The molecule has 0 saturated heterocycles. The first kappa shape index (κ1) is 14.6. The standard InChI is InChI=1S/C20H24S/c1-11(2)16-9-7-8-10-17(16)19-15(6)18-13(4)12(3)14(5)20(18)21-19/h7-11,13H,1-6H3. The summed E-state index contributed by atoms with van der Waals surface area (Å²) in [7, 11) is 0. The molecule has 0 saturated carbocycles. The van der Waals surface area contributed by atoms with Crippen molar-refractivity contribution in [2.45, 2.75) is 53.4 Å². The second kappa shape index (κ2) is 5.14. The fourth-order valence-corrected chi connectivity index (χ4v) is 5.03. The van der Waals surface area contributed by atoms with Crippen molar-refractivity contribution >= 4 is 16.9 Å². The van der Waals surface area contributed by atoms with E-state index < -0.39 is 0 Å². The summed E-state index contributed by atoms with van der Waals surface area (Å²) in [5.41, 5.74) is 9.01. The lowest BCUT2D eigenvalue weighted by molar-refractivity contribution is 0.869. The van der Waals surface area contributed by atoms with Crippen LogP contribution in [0.25, 0.3) is 16.0 Å². The van der Waals surface area contributed by atoms with Crippen molar-refractivity contribution in [3.63, 3.8) is 0 Å². The maximum absolute atomic E-state index is 2.35. The minimum Gasteiger partial charge on any atom is -0.135 e. The van der Waals surface area contributed by atoms with Crippen molar-refractivity contribution < 1.29 is 0 Å². The number of allylic oxidation sites excluding steroid dienone is 2. The molecule has 1 heteroatoms. The minimum atomic E-state index is 0.563. The van der Waals surface area contributed by atoms with Gasteiger partial charge in [-0.1, -0.05) is 50.6 Å². The number of thiophene rings is 1. The van der Waals surface area contributed by atoms with Crippen molar-refractivity contribution in [1.82, 2.24) is 0 Å². The lowest BCUT2D eigenvalue weighted by Gasteiger charge is -2.14. The Kier molecular flexibility index (Phi) is 3.57. The van der Waals surface area contributed by atoms with Crippen molar-refractivity contribution in [2.75, 3.05) is 0 Å². The molecule has 0 radical (unpaired) electrons. The van der Waals surface area contributed by atoms with E-state index in [1.807, 2.05) is 11.3 Å².